The lowest BCUT2D eigenvalue weighted by atomic mass is 10.3. The van der Waals surface area contributed by atoms with Crippen LogP contribution in [0.4, 0.5) is 0 Å². The predicted molar refractivity (Wildman–Crippen MR) is 65.9 cm³/mol. The van der Waals surface area contributed by atoms with E-state index in [1.54, 1.807) is 20.7 Å². The zero-order chi connectivity index (χ0) is 8.84. The lowest BCUT2D eigenvalue weighted by Gasteiger charge is -1.84. The van der Waals surface area contributed by atoms with E-state index < -0.39 is 0 Å². The Balaban J connectivity index is 2.72. The molecule has 0 N–H and O–H groups in total. The third-order valence-electron chi connectivity index (χ3n) is 1.94. The Bertz CT molecular complexity index is 625. The molecule has 0 spiro atoms. The van der Waals surface area contributed by atoms with Crippen LogP contribution in [-0.4, -0.2) is 0 Å². The summed E-state index contributed by atoms with van der Waals surface area (Å²) in [6, 6.07) is 8.50. The van der Waals surface area contributed by atoms with Gasteiger partial charge in [0.15, 0.2) is 0 Å². The largest absolute Gasteiger partial charge is 0.132 e. The van der Waals surface area contributed by atoms with Crippen molar-refractivity contribution in [1.82, 2.24) is 0 Å². The van der Waals surface area contributed by atoms with Gasteiger partial charge in [-0.3, -0.25) is 0 Å². The molecule has 64 valence electrons. The molecule has 0 radical (unpaired) electrons. The second kappa shape index (κ2) is 2.85. The van der Waals surface area contributed by atoms with Crippen molar-refractivity contribution in [2.45, 2.75) is 0 Å². The fourth-order valence-corrected chi connectivity index (χ4v) is 5.86. The van der Waals surface area contributed by atoms with Crippen molar-refractivity contribution >= 4 is 63.7 Å². The molecule has 2 aromatic heterocycles. The zero-order valence-corrected chi connectivity index (χ0v) is 9.71. The van der Waals surface area contributed by atoms with Crippen LogP contribution in [0.2, 0.25) is 0 Å². The number of rotatable bonds is 0. The Morgan fingerprint density at radius 1 is 1.00 bits per heavy atom. The molecule has 13 heavy (non-hydrogen) atoms. The van der Waals surface area contributed by atoms with Gasteiger partial charge in [-0.15, -0.1) is 11.3 Å². The number of fused-ring (bicyclic) bond motifs is 3. The molecule has 0 aliphatic carbocycles. The smallest absolute Gasteiger partial charge is 0.119 e. The number of benzene rings is 1. The molecule has 2 heterocycles. The standard InChI is InChI=1S/C9H4S4/c10-9-8-7(12-13-9)5-3-1-2-4-6(5)11-8/h1-4H. The Kier molecular flexibility index (Phi) is 1.77. The fourth-order valence-electron chi connectivity index (χ4n) is 1.36. The summed E-state index contributed by atoms with van der Waals surface area (Å²) in [4.78, 5) is 0. The molecule has 0 saturated heterocycles. The van der Waals surface area contributed by atoms with Crippen molar-refractivity contribution < 1.29 is 0 Å². The van der Waals surface area contributed by atoms with E-state index in [4.69, 9.17) is 12.2 Å². The van der Waals surface area contributed by atoms with Crippen LogP contribution < -0.4 is 0 Å². The predicted octanol–water partition coefficient (Wildman–Crippen LogP) is 4.91. The Morgan fingerprint density at radius 2 is 1.85 bits per heavy atom. The van der Waals surface area contributed by atoms with Gasteiger partial charge in [-0.25, -0.2) is 0 Å². The van der Waals surface area contributed by atoms with Crippen molar-refractivity contribution in [3.8, 4) is 0 Å². The van der Waals surface area contributed by atoms with Crippen LogP contribution in [0.25, 0.3) is 19.5 Å². The number of hydrogen-bond acceptors (Lipinski definition) is 4. The van der Waals surface area contributed by atoms with Crippen LogP contribution >= 0.6 is 44.2 Å². The van der Waals surface area contributed by atoms with Crippen LogP contribution in [0.1, 0.15) is 0 Å². The van der Waals surface area contributed by atoms with Crippen molar-refractivity contribution in [3.63, 3.8) is 0 Å². The van der Waals surface area contributed by atoms with Gasteiger partial charge in [-0.05, 0) is 6.07 Å². The molecule has 4 heteroatoms. The van der Waals surface area contributed by atoms with Crippen LogP contribution in [0.3, 0.4) is 0 Å². The highest BCUT2D eigenvalue weighted by atomic mass is 32.9. The van der Waals surface area contributed by atoms with Crippen molar-refractivity contribution in [3.05, 3.63) is 28.1 Å². The van der Waals surface area contributed by atoms with Gasteiger partial charge >= 0.3 is 0 Å². The van der Waals surface area contributed by atoms with Crippen molar-refractivity contribution in [2.24, 2.45) is 0 Å². The molecule has 3 rings (SSSR count). The molecule has 0 aliphatic heterocycles. The van der Waals surface area contributed by atoms with Crippen molar-refractivity contribution in [1.29, 1.82) is 0 Å². The van der Waals surface area contributed by atoms with Crippen LogP contribution in [-0.2, 0) is 0 Å². The molecular weight excluding hydrogens is 236 g/mol. The van der Waals surface area contributed by atoms with Crippen LogP contribution in [0.5, 0.6) is 0 Å². The van der Waals surface area contributed by atoms with E-state index in [2.05, 4.69) is 24.3 Å². The minimum Gasteiger partial charge on any atom is -0.132 e. The Hall–Kier alpha value is -0.290. The van der Waals surface area contributed by atoms with Gasteiger partial charge in [0, 0.05) is 10.1 Å². The van der Waals surface area contributed by atoms with E-state index in [0.29, 0.717) is 0 Å². The molecule has 0 atom stereocenters. The molecule has 3 aromatic rings. The van der Waals surface area contributed by atoms with Gasteiger partial charge < -0.3 is 0 Å². The fraction of sp³-hybridized carbons (Fsp3) is 0. The average Bonchev–Trinajstić information content (AvgIpc) is 2.67. The van der Waals surface area contributed by atoms with Gasteiger partial charge in [0.25, 0.3) is 0 Å². The summed E-state index contributed by atoms with van der Waals surface area (Å²) in [6.45, 7) is 0. The monoisotopic (exact) mass is 240 g/mol. The summed E-state index contributed by atoms with van der Waals surface area (Å²) in [5.41, 5.74) is 0. The van der Waals surface area contributed by atoms with E-state index >= 15 is 0 Å². The molecule has 0 nitrogen and oxygen atoms in total. The van der Waals surface area contributed by atoms with Gasteiger partial charge in [-0.1, -0.05) is 51.1 Å². The number of thiophene rings is 1. The highest BCUT2D eigenvalue weighted by molar-refractivity contribution is 7.82. The summed E-state index contributed by atoms with van der Waals surface area (Å²) >= 11 is 7.08. The minimum absolute atomic E-state index is 1.04. The third-order valence-corrected chi connectivity index (χ3v) is 6.56. The summed E-state index contributed by atoms with van der Waals surface area (Å²) < 4.78 is 5.06. The van der Waals surface area contributed by atoms with Crippen molar-refractivity contribution in [2.75, 3.05) is 0 Å². The summed E-state index contributed by atoms with van der Waals surface area (Å²) in [5.74, 6) is 0. The molecule has 0 unspecified atom stereocenters. The third kappa shape index (κ3) is 1.10. The SMILES string of the molecule is S=c1ssc2c1sc1ccccc12. The van der Waals surface area contributed by atoms with E-state index in [1.807, 2.05) is 11.3 Å². The molecular formula is C9H4S4. The lowest BCUT2D eigenvalue weighted by Crippen LogP contribution is -1.57. The quantitative estimate of drug-likeness (QED) is 0.397. The molecule has 0 bridgehead atoms. The van der Waals surface area contributed by atoms with Gasteiger partial charge in [0.1, 0.15) is 3.82 Å². The molecule has 0 fully saturated rings. The maximum absolute atomic E-state index is 5.27. The summed E-state index contributed by atoms with van der Waals surface area (Å²) in [6.07, 6.45) is 0. The van der Waals surface area contributed by atoms with Crippen LogP contribution in [0.15, 0.2) is 24.3 Å². The Morgan fingerprint density at radius 3 is 2.77 bits per heavy atom. The zero-order valence-electron chi connectivity index (χ0n) is 6.44. The van der Waals surface area contributed by atoms with Gasteiger partial charge in [0.2, 0.25) is 0 Å². The average molecular weight is 240 g/mol. The van der Waals surface area contributed by atoms with E-state index in [9.17, 15) is 0 Å². The molecule has 0 aliphatic rings. The van der Waals surface area contributed by atoms with E-state index in [-0.39, 0.29) is 0 Å². The maximum atomic E-state index is 5.27. The normalized spacial score (nSPS) is 11.4. The topological polar surface area (TPSA) is 0 Å². The first-order chi connectivity index (χ1) is 6.36. The molecule has 0 amide bonds. The second-order valence-electron chi connectivity index (χ2n) is 2.71. The van der Waals surface area contributed by atoms with E-state index in [1.165, 1.54) is 19.5 Å². The highest BCUT2D eigenvalue weighted by Gasteiger charge is 2.06. The number of hydrogen-bond donors (Lipinski definition) is 0. The summed E-state index contributed by atoms with van der Waals surface area (Å²) in [5, 5.41) is 1.36. The Labute approximate surface area is 91.5 Å². The van der Waals surface area contributed by atoms with Gasteiger partial charge in [0.05, 0.1) is 9.40 Å². The van der Waals surface area contributed by atoms with Crippen LogP contribution in [0, 0.1) is 3.82 Å². The second-order valence-corrected chi connectivity index (χ2v) is 6.58. The lowest BCUT2D eigenvalue weighted by molar-refractivity contribution is 1.87. The first kappa shape index (κ1) is 8.05. The minimum atomic E-state index is 1.04. The highest BCUT2D eigenvalue weighted by Crippen LogP contribution is 2.40. The maximum Gasteiger partial charge on any atom is 0.119 e. The van der Waals surface area contributed by atoms with Gasteiger partial charge in [-0.2, -0.15) is 0 Å². The van der Waals surface area contributed by atoms with E-state index in [0.717, 1.165) is 3.82 Å². The first-order valence-corrected chi connectivity index (χ1v) is 7.14. The first-order valence-electron chi connectivity index (χ1n) is 3.76. The molecule has 0 saturated carbocycles. The molecule has 1 aromatic carbocycles. The summed E-state index contributed by atoms with van der Waals surface area (Å²) in [7, 11) is 3.50.